The summed E-state index contributed by atoms with van der Waals surface area (Å²) in [4.78, 5) is 13.2. The first-order valence-corrected chi connectivity index (χ1v) is 8.10. The lowest BCUT2D eigenvalue weighted by atomic mass is 10.1. The first-order valence-electron chi connectivity index (χ1n) is 7.22. The lowest BCUT2D eigenvalue weighted by Gasteiger charge is -2.18. The number of amides is 1. The summed E-state index contributed by atoms with van der Waals surface area (Å²) in [7, 11) is 0. The Labute approximate surface area is 127 Å². The second-order valence-electron chi connectivity index (χ2n) is 5.14. The van der Waals surface area contributed by atoms with Crippen LogP contribution in [0, 0.1) is 0 Å². The van der Waals surface area contributed by atoms with Crippen LogP contribution in [0.4, 0.5) is 0 Å². The predicted molar refractivity (Wildman–Crippen MR) is 81.2 cm³/mol. The van der Waals surface area contributed by atoms with E-state index in [1.165, 1.54) is 0 Å². The Morgan fingerprint density at radius 2 is 2.52 bits per heavy atom. The summed E-state index contributed by atoms with van der Waals surface area (Å²) in [5.74, 6) is 0.0563. The zero-order valence-electron chi connectivity index (χ0n) is 12.0. The average molecular weight is 305 g/mol. The number of aromatic nitrogens is 2. The van der Waals surface area contributed by atoms with Crippen molar-refractivity contribution in [3.05, 3.63) is 40.3 Å². The van der Waals surface area contributed by atoms with E-state index in [1.807, 2.05) is 41.5 Å². The number of thiophene rings is 1. The van der Waals surface area contributed by atoms with Crippen LogP contribution in [0.3, 0.4) is 0 Å². The van der Waals surface area contributed by atoms with E-state index in [-0.39, 0.29) is 18.1 Å². The highest BCUT2D eigenvalue weighted by atomic mass is 32.1. The maximum absolute atomic E-state index is 12.1. The fourth-order valence-electron chi connectivity index (χ4n) is 2.59. The largest absolute Gasteiger partial charge is 0.371 e. The molecule has 0 spiro atoms. The normalized spacial score (nSPS) is 21.6. The van der Waals surface area contributed by atoms with Crippen molar-refractivity contribution in [2.45, 2.75) is 38.5 Å². The topological polar surface area (TPSA) is 56.1 Å². The van der Waals surface area contributed by atoms with Crippen molar-refractivity contribution in [2.75, 3.05) is 6.61 Å². The minimum atomic E-state index is -0.0856. The van der Waals surface area contributed by atoms with Gasteiger partial charge in [-0.1, -0.05) is 6.07 Å². The van der Waals surface area contributed by atoms with Crippen molar-refractivity contribution < 1.29 is 9.53 Å². The summed E-state index contributed by atoms with van der Waals surface area (Å²) in [6, 6.07) is 3.98. The highest BCUT2D eigenvalue weighted by molar-refractivity contribution is 7.10. The van der Waals surface area contributed by atoms with Gasteiger partial charge in [-0.15, -0.1) is 11.3 Å². The van der Waals surface area contributed by atoms with Crippen molar-refractivity contribution >= 4 is 17.2 Å². The second-order valence-corrected chi connectivity index (χ2v) is 6.17. The van der Waals surface area contributed by atoms with Gasteiger partial charge in [0.1, 0.15) is 6.10 Å². The molecule has 21 heavy (non-hydrogen) atoms. The number of hydrogen-bond acceptors (Lipinski definition) is 4. The number of hydrogen-bond donors (Lipinski definition) is 1. The van der Waals surface area contributed by atoms with Gasteiger partial charge in [-0.2, -0.15) is 5.10 Å². The summed E-state index contributed by atoms with van der Waals surface area (Å²) in [6.45, 7) is 3.56. The van der Waals surface area contributed by atoms with Gasteiger partial charge in [0.2, 0.25) is 5.91 Å². The predicted octanol–water partition coefficient (Wildman–Crippen LogP) is 2.15. The molecule has 112 valence electrons. The molecule has 3 heterocycles. The third-order valence-electron chi connectivity index (χ3n) is 3.66. The summed E-state index contributed by atoms with van der Waals surface area (Å²) in [5.41, 5.74) is 1.04. The van der Waals surface area contributed by atoms with Crippen LogP contribution in [-0.4, -0.2) is 28.3 Å². The zero-order chi connectivity index (χ0) is 14.7. The first-order chi connectivity index (χ1) is 10.3. The smallest absolute Gasteiger partial charge is 0.225 e. The fourth-order valence-corrected chi connectivity index (χ4v) is 3.30. The third kappa shape index (κ3) is 3.33. The molecule has 2 aromatic heterocycles. The van der Waals surface area contributed by atoms with Gasteiger partial charge in [0, 0.05) is 29.8 Å². The minimum absolute atomic E-state index is 0.0342. The number of nitrogens with zero attached hydrogens (tertiary/aromatic N) is 2. The van der Waals surface area contributed by atoms with Crippen molar-refractivity contribution in [1.82, 2.24) is 15.1 Å². The summed E-state index contributed by atoms with van der Waals surface area (Å²) < 4.78 is 7.66. The number of ether oxygens (including phenoxy) is 1. The van der Waals surface area contributed by atoms with E-state index >= 15 is 0 Å². The van der Waals surface area contributed by atoms with Crippen LogP contribution < -0.4 is 5.32 Å². The molecule has 6 heteroatoms. The quantitative estimate of drug-likeness (QED) is 0.921. The van der Waals surface area contributed by atoms with E-state index in [9.17, 15) is 4.79 Å². The Morgan fingerprint density at radius 3 is 3.24 bits per heavy atom. The van der Waals surface area contributed by atoms with E-state index in [2.05, 4.69) is 10.4 Å². The van der Waals surface area contributed by atoms with E-state index in [4.69, 9.17) is 4.74 Å². The van der Waals surface area contributed by atoms with Gasteiger partial charge >= 0.3 is 0 Å². The van der Waals surface area contributed by atoms with Crippen LogP contribution in [-0.2, 0) is 22.5 Å². The lowest BCUT2D eigenvalue weighted by molar-refractivity contribution is -0.121. The monoisotopic (exact) mass is 305 g/mol. The number of nitrogens with one attached hydrogen (secondary N) is 1. The molecule has 0 bridgehead atoms. The van der Waals surface area contributed by atoms with E-state index in [1.54, 1.807) is 11.3 Å². The molecule has 0 unspecified atom stereocenters. The maximum Gasteiger partial charge on any atom is 0.225 e. The maximum atomic E-state index is 12.1. The number of aryl methyl sites for hydroxylation is 1. The summed E-state index contributed by atoms with van der Waals surface area (Å²) in [5, 5.41) is 9.37. The van der Waals surface area contributed by atoms with Crippen molar-refractivity contribution in [3.8, 4) is 0 Å². The highest BCUT2D eigenvalue weighted by Gasteiger charge is 2.31. The Bertz CT molecular complexity index is 594. The molecule has 1 amide bonds. The van der Waals surface area contributed by atoms with E-state index < -0.39 is 0 Å². The SMILES string of the molecule is CCn1cc([C@H]2OCC[C@@H]2NC(=O)Cc2cccs2)cn1. The van der Waals surface area contributed by atoms with Gasteiger partial charge in [-0.25, -0.2) is 0 Å². The second kappa shape index (κ2) is 6.41. The molecule has 2 atom stereocenters. The molecule has 1 fully saturated rings. The standard InChI is InChI=1S/C15H19N3O2S/c1-2-18-10-11(9-16-18)15-13(5-6-20-15)17-14(19)8-12-4-3-7-21-12/h3-4,7,9-10,13,15H,2,5-6,8H2,1H3,(H,17,19)/t13-,15+/m0/s1. The first kappa shape index (κ1) is 14.3. The molecular weight excluding hydrogens is 286 g/mol. The Kier molecular flexibility index (Phi) is 4.36. The number of carbonyl (C=O) groups excluding carboxylic acids is 1. The summed E-state index contributed by atoms with van der Waals surface area (Å²) >= 11 is 1.61. The van der Waals surface area contributed by atoms with E-state index in [0.29, 0.717) is 13.0 Å². The molecule has 1 saturated heterocycles. The van der Waals surface area contributed by atoms with E-state index in [0.717, 1.165) is 23.4 Å². The van der Waals surface area contributed by atoms with Crippen molar-refractivity contribution in [3.63, 3.8) is 0 Å². The molecule has 2 aromatic rings. The van der Waals surface area contributed by atoms with Crippen LogP contribution in [0.5, 0.6) is 0 Å². The highest BCUT2D eigenvalue weighted by Crippen LogP contribution is 2.29. The molecule has 0 aromatic carbocycles. The molecule has 3 rings (SSSR count). The molecule has 0 aliphatic carbocycles. The number of rotatable bonds is 5. The van der Waals surface area contributed by atoms with Gasteiger partial charge < -0.3 is 10.1 Å². The van der Waals surface area contributed by atoms with Crippen LogP contribution in [0.2, 0.25) is 0 Å². The molecule has 0 saturated carbocycles. The number of carbonyl (C=O) groups is 1. The molecule has 1 N–H and O–H groups in total. The van der Waals surface area contributed by atoms with Crippen LogP contribution in [0.1, 0.15) is 29.9 Å². The zero-order valence-corrected chi connectivity index (χ0v) is 12.8. The summed E-state index contributed by atoms with van der Waals surface area (Å²) in [6.07, 6.45) is 5.03. The molecule has 1 aliphatic rings. The van der Waals surface area contributed by atoms with Crippen LogP contribution >= 0.6 is 11.3 Å². The Balaban J connectivity index is 1.62. The Hall–Kier alpha value is -1.66. The average Bonchev–Trinajstić information content (AvgIpc) is 3.18. The fraction of sp³-hybridized carbons (Fsp3) is 0.467. The minimum Gasteiger partial charge on any atom is -0.371 e. The van der Waals surface area contributed by atoms with Gasteiger partial charge in [-0.3, -0.25) is 9.48 Å². The van der Waals surface area contributed by atoms with Crippen LogP contribution in [0.15, 0.2) is 29.9 Å². The molecular formula is C15H19N3O2S. The van der Waals surface area contributed by atoms with Gasteiger partial charge in [-0.05, 0) is 24.8 Å². The van der Waals surface area contributed by atoms with Gasteiger partial charge in [0.25, 0.3) is 0 Å². The van der Waals surface area contributed by atoms with Gasteiger partial charge in [0.15, 0.2) is 0 Å². The third-order valence-corrected chi connectivity index (χ3v) is 4.54. The lowest BCUT2D eigenvalue weighted by Crippen LogP contribution is -2.37. The molecule has 0 radical (unpaired) electrons. The van der Waals surface area contributed by atoms with Crippen LogP contribution in [0.25, 0.3) is 0 Å². The van der Waals surface area contributed by atoms with Gasteiger partial charge in [0.05, 0.1) is 18.7 Å². The van der Waals surface area contributed by atoms with Crippen molar-refractivity contribution in [1.29, 1.82) is 0 Å². The molecule has 5 nitrogen and oxygen atoms in total. The Morgan fingerprint density at radius 1 is 1.62 bits per heavy atom. The molecule has 1 aliphatic heterocycles. The van der Waals surface area contributed by atoms with Crippen molar-refractivity contribution in [2.24, 2.45) is 0 Å².